The number of fused-ring (bicyclic) bond motifs is 2. The van der Waals surface area contributed by atoms with E-state index >= 15 is 0 Å². The summed E-state index contributed by atoms with van der Waals surface area (Å²) in [7, 11) is 1.78. The molecule has 3 heterocycles. The van der Waals surface area contributed by atoms with E-state index in [4.69, 9.17) is 4.84 Å². The van der Waals surface area contributed by atoms with Crippen LogP contribution in [-0.4, -0.2) is 32.6 Å². The number of imide groups is 1. The van der Waals surface area contributed by atoms with Gasteiger partial charge in [0.2, 0.25) is 0 Å². The maximum atomic E-state index is 12.3. The Kier molecular flexibility index (Phi) is 3.04. The number of hydrogen-bond donors (Lipinski definition) is 0. The third kappa shape index (κ3) is 1.96. The Bertz CT molecular complexity index is 964. The lowest BCUT2D eigenvalue weighted by Gasteiger charge is -2.11. The maximum absolute atomic E-state index is 12.3. The van der Waals surface area contributed by atoms with Crippen molar-refractivity contribution in [3.63, 3.8) is 0 Å². The molecule has 0 fully saturated rings. The van der Waals surface area contributed by atoms with E-state index < -0.39 is 17.8 Å². The third-order valence-electron chi connectivity index (χ3n) is 3.83. The minimum absolute atomic E-state index is 0.228. The number of carbonyl (C=O) groups is 3. The molecule has 0 saturated carbocycles. The predicted octanol–water partition coefficient (Wildman–Crippen LogP) is 2.31. The van der Waals surface area contributed by atoms with Gasteiger partial charge >= 0.3 is 5.97 Å². The largest absolute Gasteiger partial charge is 0.373 e. The number of benzene rings is 1. The molecule has 1 aliphatic heterocycles. The van der Waals surface area contributed by atoms with Gasteiger partial charge in [0.1, 0.15) is 9.71 Å². The fraction of sp³-hybridized carbons (Fsp3) is 0.125. The number of aryl methyl sites for hydroxylation is 2. The number of carbonyl (C=O) groups excluding carboxylic acids is 3. The smallest absolute Gasteiger partial charge is 0.323 e. The number of nitrogens with zero attached hydrogens (tertiary/aromatic N) is 3. The molecule has 4 rings (SSSR count). The van der Waals surface area contributed by atoms with Gasteiger partial charge in [-0.05, 0) is 25.1 Å². The second-order valence-electron chi connectivity index (χ2n) is 5.37. The first-order valence-corrected chi connectivity index (χ1v) is 7.92. The first-order valence-electron chi connectivity index (χ1n) is 7.10. The van der Waals surface area contributed by atoms with Crippen molar-refractivity contribution in [1.29, 1.82) is 0 Å². The quantitative estimate of drug-likeness (QED) is 0.668. The lowest BCUT2D eigenvalue weighted by Crippen LogP contribution is -2.32. The number of hydrogen-bond acceptors (Lipinski definition) is 6. The first-order chi connectivity index (χ1) is 11.5. The van der Waals surface area contributed by atoms with Crippen LogP contribution in [-0.2, 0) is 11.9 Å². The Balaban J connectivity index is 1.63. The van der Waals surface area contributed by atoms with E-state index in [0.29, 0.717) is 9.94 Å². The highest BCUT2D eigenvalue weighted by molar-refractivity contribution is 7.20. The molecule has 8 heteroatoms. The van der Waals surface area contributed by atoms with Crippen molar-refractivity contribution in [3.05, 3.63) is 52.0 Å². The van der Waals surface area contributed by atoms with Gasteiger partial charge in [0, 0.05) is 12.4 Å². The summed E-state index contributed by atoms with van der Waals surface area (Å²) < 4.78 is 1.67. The molecule has 7 nitrogen and oxygen atoms in total. The molecule has 0 N–H and O–H groups in total. The zero-order valence-electron chi connectivity index (χ0n) is 12.8. The van der Waals surface area contributed by atoms with Crippen molar-refractivity contribution < 1.29 is 19.2 Å². The normalized spacial score (nSPS) is 13.7. The summed E-state index contributed by atoms with van der Waals surface area (Å²) in [6, 6.07) is 8.01. The van der Waals surface area contributed by atoms with Crippen LogP contribution in [0.15, 0.2) is 30.3 Å². The van der Waals surface area contributed by atoms with Gasteiger partial charge in [-0.25, -0.2) is 4.79 Å². The number of thiophene rings is 1. The molecule has 0 unspecified atom stereocenters. The highest BCUT2D eigenvalue weighted by Gasteiger charge is 2.39. The SMILES string of the molecule is Cc1nn(C)c2sc(C(=O)ON3C(=O)c4ccccc4C3=O)cc12. The molecular weight excluding hydrogens is 330 g/mol. The van der Waals surface area contributed by atoms with E-state index in [-0.39, 0.29) is 11.1 Å². The van der Waals surface area contributed by atoms with E-state index in [0.717, 1.165) is 15.9 Å². The number of aromatic nitrogens is 2. The minimum Gasteiger partial charge on any atom is -0.323 e. The molecule has 120 valence electrons. The van der Waals surface area contributed by atoms with Crippen LogP contribution in [0.2, 0.25) is 0 Å². The highest BCUT2D eigenvalue weighted by Crippen LogP contribution is 2.29. The molecule has 0 spiro atoms. The summed E-state index contributed by atoms with van der Waals surface area (Å²) in [6.45, 7) is 1.84. The molecule has 0 atom stereocenters. The van der Waals surface area contributed by atoms with Crippen LogP contribution in [0.1, 0.15) is 36.1 Å². The average molecular weight is 341 g/mol. The monoisotopic (exact) mass is 341 g/mol. The van der Waals surface area contributed by atoms with Gasteiger partial charge in [-0.2, -0.15) is 5.10 Å². The summed E-state index contributed by atoms with van der Waals surface area (Å²) in [5.74, 6) is -2.02. The molecule has 3 aromatic rings. The van der Waals surface area contributed by atoms with Crippen LogP contribution < -0.4 is 0 Å². The molecular formula is C16H11N3O4S. The summed E-state index contributed by atoms with van der Waals surface area (Å²) in [6.07, 6.45) is 0. The fourth-order valence-corrected chi connectivity index (χ4v) is 3.68. The van der Waals surface area contributed by atoms with E-state index in [1.54, 1.807) is 29.9 Å². The zero-order chi connectivity index (χ0) is 17.0. The predicted molar refractivity (Wildman–Crippen MR) is 85.7 cm³/mol. The van der Waals surface area contributed by atoms with Crippen molar-refractivity contribution in [2.75, 3.05) is 0 Å². The molecule has 2 aromatic heterocycles. The van der Waals surface area contributed by atoms with Gasteiger partial charge in [-0.15, -0.1) is 11.3 Å². The van der Waals surface area contributed by atoms with Crippen LogP contribution in [0.4, 0.5) is 0 Å². The summed E-state index contributed by atoms with van der Waals surface area (Å²) >= 11 is 1.20. The van der Waals surface area contributed by atoms with Crippen molar-refractivity contribution >= 4 is 39.3 Å². The number of amides is 2. The summed E-state index contributed by atoms with van der Waals surface area (Å²) in [4.78, 5) is 43.0. The average Bonchev–Trinajstić information content (AvgIpc) is 3.19. The van der Waals surface area contributed by atoms with E-state index in [2.05, 4.69) is 5.10 Å². The van der Waals surface area contributed by atoms with Gasteiger partial charge in [-0.1, -0.05) is 17.2 Å². The molecule has 0 saturated heterocycles. The Hall–Kier alpha value is -3.00. The van der Waals surface area contributed by atoms with Crippen LogP contribution in [0.3, 0.4) is 0 Å². The number of rotatable bonds is 2. The van der Waals surface area contributed by atoms with Crippen molar-refractivity contribution in [1.82, 2.24) is 14.8 Å². The minimum atomic E-state index is -0.745. The molecule has 0 aliphatic carbocycles. The third-order valence-corrected chi connectivity index (χ3v) is 5.01. The van der Waals surface area contributed by atoms with E-state index in [1.165, 1.54) is 23.5 Å². The Morgan fingerprint density at radius 3 is 2.38 bits per heavy atom. The Labute approximate surface area is 140 Å². The lowest BCUT2D eigenvalue weighted by molar-refractivity contribution is -0.0581. The topological polar surface area (TPSA) is 81.5 Å². The van der Waals surface area contributed by atoms with Crippen LogP contribution >= 0.6 is 11.3 Å². The van der Waals surface area contributed by atoms with E-state index in [9.17, 15) is 14.4 Å². The fourth-order valence-electron chi connectivity index (χ4n) is 2.68. The Morgan fingerprint density at radius 2 is 1.79 bits per heavy atom. The van der Waals surface area contributed by atoms with Gasteiger partial charge in [0.05, 0.1) is 16.8 Å². The zero-order valence-corrected chi connectivity index (χ0v) is 13.6. The van der Waals surface area contributed by atoms with E-state index in [1.807, 2.05) is 6.92 Å². The molecule has 0 bridgehead atoms. The molecule has 2 amide bonds. The molecule has 24 heavy (non-hydrogen) atoms. The van der Waals surface area contributed by atoms with Gasteiger partial charge in [0.15, 0.2) is 0 Å². The summed E-state index contributed by atoms with van der Waals surface area (Å²) in [5, 5.41) is 5.62. The highest BCUT2D eigenvalue weighted by atomic mass is 32.1. The summed E-state index contributed by atoms with van der Waals surface area (Å²) in [5.41, 5.74) is 1.25. The maximum Gasteiger partial charge on any atom is 0.373 e. The van der Waals surface area contributed by atoms with Gasteiger partial charge < -0.3 is 4.84 Å². The van der Waals surface area contributed by atoms with Crippen LogP contribution in [0.25, 0.3) is 10.2 Å². The first kappa shape index (κ1) is 14.6. The standard InChI is InChI=1S/C16H11N3O4S/c1-8-11-7-12(24-15(11)18(2)17-8)16(22)23-19-13(20)9-5-3-4-6-10(9)14(19)21/h3-7H,1-2H3. The van der Waals surface area contributed by atoms with Crippen molar-refractivity contribution in [2.24, 2.45) is 7.05 Å². The molecule has 1 aliphatic rings. The second kappa shape index (κ2) is 5.00. The Morgan fingerprint density at radius 1 is 1.17 bits per heavy atom. The van der Waals surface area contributed by atoms with Crippen LogP contribution in [0.5, 0.6) is 0 Å². The van der Waals surface area contributed by atoms with Crippen molar-refractivity contribution in [2.45, 2.75) is 6.92 Å². The number of hydroxylamine groups is 2. The van der Waals surface area contributed by atoms with Gasteiger partial charge in [0.25, 0.3) is 11.8 Å². The van der Waals surface area contributed by atoms with Crippen molar-refractivity contribution in [3.8, 4) is 0 Å². The second-order valence-corrected chi connectivity index (χ2v) is 6.40. The van der Waals surface area contributed by atoms with Crippen LogP contribution in [0, 0.1) is 6.92 Å². The lowest BCUT2D eigenvalue weighted by atomic mass is 10.1. The van der Waals surface area contributed by atoms with Gasteiger partial charge in [-0.3, -0.25) is 14.3 Å². The molecule has 0 radical (unpaired) electrons. The molecule has 1 aromatic carbocycles.